The number of nitrogens with one attached hydrogen (secondary N) is 2. The summed E-state index contributed by atoms with van der Waals surface area (Å²) in [4.78, 5) is 22.5. The summed E-state index contributed by atoms with van der Waals surface area (Å²) >= 11 is 5.86. The van der Waals surface area contributed by atoms with Crippen molar-refractivity contribution in [2.24, 2.45) is 4.99 Å². The summed E-state index contributed by atoms with van der Waals surface area (Å²) in [6.07, 6.45) is 6.47. The van der Waals surface area contributed by atoms with Crippen LogP contribution in [0.1, 0.15) is 31.1 Å². The van der Waals surface area contributed by atoms with Crippen molar-refractivity contribution >= 4 is 47.6 Å². The number of hydrogen-bond donors (Lipinski definition) is 2. The quantitative estimate of drug-likeness (QED) is 0.215. The molecule has 10 heteroatoms. The molecule has 2 aromatic rings. The summed E-state index contributed by atoms with van der Waals surface area (Å²) in [6, 6.07) is 7.86. The third-order valence-corrected chi connectivity index (χ3v) is 5.29. The molecular weight excluding hydrogens is 545 g/mol. The Morgan fingerprint density at radius 2 is 2.12 bits per heavy atom. The van der Waals surface area contributed by atoms with Gasteiger partial charge < -0.3 is 24.7 Å². The number of likely N-dealkylation sites (tertiary alicyclic amines) is 1. The zero-order chi connectivity index (χ0) is 21.9. The molecule has 0 atom stereocenters. The Kier molecular flexibility index (Phi) is 11.6. The third-order valence-electron chi connectivity index (χ3n) is 5.06. The Morgan fingerprint density at radius 3 is 2.78 bits per heavy atom. The second kappa shape index (κ2) is 14.2. The smallest absolute Gasteiger partial charge is 0.409 e. The summed E-state index contributed by atoms with van der Waals surface area (Å²) in [5, 5.41) is 7.42. The van der Waals surface area contributed by atoms with Crippen molar-refractivity contribution in [3.05, 3.63) is 53.2 Å². The predicted molar refractivity (Wildman–Crippen MR) is 136 cm³/mol. The highest BCUT2D eigenvalue weighted by molar-refractivity contribution is 14.0. The maximum atomic E-state index is 11.9. The number of nitrogens with zero attached hydrogens (tertiary/aromatic N) is 3. The van der Waals surface area contributed by atoms with Crippen molar-refractivity contribution in [3.8, 4) is 0 Å². The van der Waals surface area contributed by atoms with Crippen molar-refractivity contribution < 1.29 is 13.9 Å². The topological polar surface area (TPSA) is 92.0 Å². The molecule has 0 aromatic carbocycles. The van der Waals surface area contributed by atoms with Gasteiger partial charge in [0.1, 0.15) is 10.9 Å². The number of aromatic nitrogens is 1. The Hall–Kier alpha value is -2.01. The normalized spacial score (nSPS) is 14.6. The van der Waals surface area contributed by atoms with Crippen LogP contribution >= 0.6 is 35.6 Å². The largest absolute Gasteiger partial charge is 0.469 e. The van der Waals surface area contributed by atoms with E-state index >= 15 is 0 Å². The predicted octanol–water partition coefficient (Wildman–Crippen LogP) is 3.89. The van der Waals surface area contributed by atoms with Crippen LogP contribution in [-0.2, 0) is 17.6 Å². The first-order chi connectivity index (χ1) is 15.1. The lowest BCUT2D eigenvalue weighted by Gasteiger charge is -2.32. The van der Waals surface area contributed by atoms with E-state index in [1.165, 1.54) is 0 Å². The van der Waals surface area contributed by atoms with Crippen LogP contribution < -0.4 is 10.6 Å². The molecule has 1 aliphatic heterocycles. The lowest BCUT2D eigenvalue weighted by atomic mass is 10.1. The molecule has 0 spiro atoms. The summed E-state index contributed by atoms with van der Waals surface area (Å²) in [7, 11) is 0. The molecule has 1 aliphatic rings. The van der Waals surface area contributed by atoms with Crippen LogP contribution in [0.3, 0.4) is 0 Å². The first kappa shape index (κ1) is 26.2. The van der Waals surface area contributed by atoms with Crippen LogP contribution in [0.5, 0.6) is 0 Å². The first-order valence-corrected chi connectivity index (χ1v) is 11.1. The van der Waals surface area contributed by atoms with E-state index < -0.39 is 0 Å². The van der Waals surface area contributed by atoms with Gasteiger partial charge in [-0.2, -0.15) is 0 Å². The van der Waals surface area contributed by atoms with Gasteiger partial charge in [0.2, 0.25) is 0 Å². The Bertz CT molecular complexity index is 825. The SMILES string of the molecule is CCOC(=O)N1CCC(NC(=NCCc2ccco2)NCCc2ccc(Cl)nc2)CC1.I. The number of halogens is 2. The minimum Gasteiger partial charge on any atom is -0.469 e. The third kappa shape index (κ3) is 8.85. The fourth-order valence-electron chi connectivity index (χ4n) is 3.38. The number of rotatable bonds is 8. The molecule has 0 saturated carbocycles. The highest BCUT2D eigenvalue weighted by Crippen LogP contribution is 2.12. The monoisotopic (exact) mass is 575 g/mol. The minimum atomic E-state index is -0.233. The van der Waals surface area contributed by atoms with Gasteiger partial charge in [0, 0.05) is 44.8 Å². The lowest BCUT2D eigenvalue weighted by Crippen LogP contribution is -2.50. The summed E-state index contributed by atoms with van der Waals surface area (Å²) < 4.78 is 10.5. The van der Waals surface area contributed by atoms with Gasteiger partial charge >= 0.3 is 6.09 Å². The number of pyridine rings is 1. The zero-order valence-corrected chi connectivity index (χ0v) is 21.3. The second-order valence-corrected chi connectivity index (χ2v) is 7.72. The Morgan fingerprint density at radius 1 is 1.31 bits per heavy atom. The van der Waals surface area contributed by atoms with E-state index in [9.17, 15) is 4.79 Å². The standard InChI is InChI=1S/C22H30ClN5O3.HI/c1-2-30-22(29)28-13-9-18(10-14-28)27-21(25-12-8-19-4-3-15-31-19)24-11-7-17-5-6-20(23)26-16-17;/h3-6,15-16,18H,2,7-14H2,1H3,(H2,24,25,27);1H. The average Bonchev–Trinajstić information content (AvgIpc) is 3.29. The molecule has 2 N–H and O–H groups in total. The number of hydrogen-bond acceptors (Lipinski definition) is 5. The molecule has 32 heavy (non-hydrogen) atoms. The van der Waals surface area contributed by atoms with E-state index in [1.807, 2.05) is 25.1 Å². The van der Waals surface area contributed by atoms with Gasteiger partial charge in [-0.15, -0.1) is 24.0 Å². The van der Waals surface area contributed by atoms with Gasteiger partial charge in [-0.3, -0.25) is 4.99 Å². The van der Waals surface area contributed by atoms with Crippen molar-refractivity contribution in [1.82, 2.24) is 20.5 Å². The van der Waals surface area contributed by atoms with Gasteiger partial charge in [0.25, 0.3) is 0 Å². The fourth-order valence-corrected chi connectivity index (χ4v) is 3.49. The molecule has 176 valence electrons. The van der Waals surface area contributed by atoms with Gasteiger partial charge in [0.15, 0.2) is 5.96 Å². The van der Waals surface area contributed by atoms with Gasteiger partial charge in [-0.25, -0.2) is 9.78 Å². The number of aliphatic imine (C=N–C) groups is 1. The van der Waals surface area contributed by atoms with Crippen molar-refractivity contribution in [2.75, 3.05) is 32.8 Å². The summed E-state index contributed by atoms with van der Waals surface area (Å²) in [5.74, 6) is 1.68. The number of carbonyl (C=O) groups is 1. The van der Waals surface area contributed by atoms with E-state index in [-0.39, 0.29) is 36.1 Å². The van der Waals surface area contributed by atoms with E-state index in [2.05, 4.69) is 15.6 Å². The molecule has 0 aliphatic carbocycles. The van der Waals surface area contributed by atoms with Crippen molar-refractivity contribution in [2.45, 2.75) is 38.6 Å². The number of guanidine groups is 1. The average molecular weight is 576 g/mol. The van der Waals surface area contributed by atoms with Crippen LogP contribution in [0.4, 0.5) is 4.79 Å². The van der Waals surface area contributed by atoms with Crippen LogP contribution in [-0.4, -0.2) is 60.8 Å². The van der Waals surface area contributed by atoms with Gasteiger partial charge in [-0.05, 0) is 49.9 Å². The molecule has 3 heterocycles. The molecule has 8 nitrogen and oxygen atoms in total. The van der Waals surface area contributed by atoms with E-state index in [0.717, 1.165) is 49.5 Å². The molecule has 1 saturated heterocycles. The molecule has 1 amide bonds. The molecule has 0 radical (unpaired) electrons. The van der Waals surface area contributed by atoms with Gasteiger partial charge in [0.05, 0.1) is 12.9 Å². The van der Waals surface area contributed by atoms with Crippen LogP contribution in [0.2, 0.25) is 5.15 Å². The number of furan rings is 1. The number of piperidine rings is 1. The second-order valence-electron chi connectivity index (χ2n) is 7.33. The highest BCUT2D eigenvalue weighted by Gasteiger charge is 2.24. The molecule has 0 bridgehead atoms. The highest BCUT2D eigenvalue weighted by atomic mass is 127. The van der Waals surface area contributed by atoms with Gasteiger partial charge in [-0.1, -0.05) is 17.7 Å². The molecule has 1 fully saturated rings. The first-order valence-electron chi connectivity index (χ1n) is 10.7. The molecule has 0 unspecified atom stereocenters. The minimum absolute atomic E-state index is 0. The number of carbonyl (C=O) groups excluding carboxylic acids is 1. The zero-order valence-electron chi connectivity index (χ0n) is 18.3. The maximum absolute atomic E-state index is 11.9. The van der Waals surface area contributed by atoms with E-state index in [4.69, 9.17) is 25.7 Å². The van der Waals surface area contributed by atoms with E-state index in [1.54, 1.807) is 23.4 Å². The number of ether oxygens (including phenoxy) is 1. The fraction of sp³-hybridized carbons (Fsp3) is 0.500. The van der Waals surface area contributed by atoms with Crippen LogP contribution in [0.25, 0.3) is 0 Å². The summed E-state index contributed by atoms with van der Waals surface area (Å²) in [5.41, 5.74) is 1.11. The molecule has 2 aromatic heterocycles. The Labute approximate surface area is 211 Å². The number of amides is 1. The van der Waals surface area contributed by atoms with E-state index in [0.29, 0.717) is 31.4 Å². The summed E-state index contributed by atoms with van der Waals surface area (Å²) in [6.45, 7) is 4.91. The van der Waals surface area contributed by atoms with Crippen LogP contribution in [0, 0.1) is 0 Å². The lowest BCUT2D eigenvalue weighted by molar-refractivity contribution is 0.0963. The van der Waals surface area contributed by atoms with Crippen molar-refractivity contribution in [3.63, 3.8) is 0 Å². The molecular formula is C22H31ClIN5O3. The Balaban J connectivity index is 0.00000363. The molecule has 3 rings (SSSR count). The maximum Gasteiger partial charge on any atom is 0.409 e. The van der Waals surface area contributed by atoms with Crippen LogP contribution in [0.15, 0.2) is 46.1 Å². The van der Waals surface area contributed by atoms with Crippen molar-refractivity contribution in [1.29, 1.82) is 0 Å².